The van der Waals surface area contributed by atoms with E-state index in [1.165, 1.54) is 10.5 Å². The third-order valence-corrected chi connectivity index (χ3v) is 5.01. The molecule has 0 spiro atoms. The Bertz CT molecular complexity index is 505. The number of aromatic nitrogens is 1. The van der Waals surface area contributed by atoms with Crippen molar-refractivity contribution in [2.75, 3.05) is 6.54 Å². The molecule has 1 unspecified atom stereocenters. The van der Waals surface area contributed by atoms with Crippen LogP contribution in [-0.4, -0.2) is 11.5 Å². The highest BCUT2D eigenvalue weighted by Gasteiger charge is 2.08. The first-order valence-electron chi connectivity index (χ1n) is 6.66. The van der Waals surface area contributed by atoms with Crippen LogP contribution in [0.15, 0.2) is 38.9 Å². The molecule has 4 heteroatoms. The number of hydrogen-bond acceptors (Lipinski definition) is 4. The first-order valence-corrected chi connectivity index (χ1v) is 8.35. The molecule has 0 bridgehead atoms. The van der Waals surface area contributed by atoms with E-state index in [4.69, 9.17) is 0 Å². The lowest BCUT2D eigenvalue weighted by Gasteiger charge is -2.16. The van der Waals surface area contributed by atoms with Crippen LogP contribution in [0.25, 0.3) is 0 Å². The van der Waals surface area contributed by atoms with Gasteiger partial charge in [-0.1, -0.05) is 37.7 Å². The van der Waals surface area contributed by atoms with E-state index in [0.29, 0.717) is 6.04 Å². The summed E-state index contributed by atoms with van der Waals surface area (Å²) in [6.45, 7) is 7.41. The highest BCUT2D eigenvalue weighted by Crippen LogP contribution is 2.31. The molecular weight excluding hydrogens is 272 g/mol. The van der Waals surface area contributed by atoms with Gasteiger partial charge in [-0.25, -0.2) is 4.98 Å². The van der Waals surface area contributed by atoms with Gasteiger partial charge in [-0.05, 0) is 37.6 Å². The van der Waals surface area contributed by atoms with Crippen molar-refractivity contribution in [2.45, 2.75) is 42.5 Å². The Morgan fingerprint density at radius 3 is 2.53 bits per heavy atom. The van der Waals surface area contributed by atoms with Crippen molar-refractivity contribution in [3.8, 4) is 0 Å². The van der Waals surface area contributed by atoms with Gasteiger partial charge in [0, 0.05) is 22.0 Å². The summed E-state index contributed by atoms with van der Waals surface area (Å²) in [5.74, 6) is 0. The lowest BCUT2D eigenvalue weighted by atomic mass is 10.1. The third kappa shape index (κ3) is 4.06. The smallest absolute Gasteiger partial charge is 0.154 e. The summed E-state index contributed by atoms with van der Waals surface area (Å²) in [6, 6.07) is 9.29. The van der Waals surface area contributed by atoms with E-state index in [9.17, 15) is 0 Å². The Kier molecular flexibility index (Phi) is 5.43. The molecule has 0 aliphatic heterocycles. The number of nitrogens with one attached hydrogen (secondary N) is 1. The average molecular weight is 292 g/mol. The molecule has 0 saturated carbocycles. The molecule has 2 rings (SSSR count). The fourth-order valence-electron chi connectivity index (χ4n) is 1.99. The van der Waals surface area contributed by atoms with Crippen LogP contribution in [0.2, 0.25) is 0 Å². The van der Waals surface area contributed by atoms with E-state index in [1.54, 1.807) is 23.1 Å². The summed E-state index contributed by atoms with van der Waals surface area (Å²) in [7, 11) is 0. The Morgan fingerprint density at radius 2 is 2.00 bits per heavy atom. The molecule has 1 atom stereocenters. The maximum atomic E-state index is 4.48. The van der Waals surface area contributed by atoms with Crippen LogP contribution in [0.3, 0.4) is 0 Å². The summed E-state index contributed by atoms with van der Waals surface area (Å²) < 4.78 is 1.11. The van der Waals surface area contributed by atoms with Crippen LogP contribution < -0.4 is 5.32 Å². The van der Waals surface area contributed by atoms with Crippen molar-refractivity contribution >= 4 is 23.1 Å². The second-order valence-electron chi connectivity index (χ2n) is 4.44. The maximum absolute atomic E-state index is 4.48. The SMILES string of the molecule is CCNC(CC)c1ccc(Sc2nc(C)cs2)cc1. The Balaban J connectivity index is 2.05. The molecule has 1 aromatic heterocycles. The van der Waals surface area contributed by atoms with Crippen LogP contribution in [0, 0.1) is 6.92 Å². The number of benzene rings is 1. The summed E-state index contributed by atoms with van der Waals surface area (Å²) >= 11 is 3.44. The predicted molar refractivity (Wildman–Crippen MR) is 84.1 cm³/mol. The zero-order chi connectivity index (χ0) is 13.7. The molecule has 0 fully saturated rings. The van der Waals surface area contributed by atoms with Crippen LogP contribution in [-0.2, 0) is 0 Å². The van der Waals surface area contributed by atoms with E-state index in [-0.39, 0.29) is 0 Å². The number of aryl methyl sites for hydroxylation is 1. The van der Waals surface area contributed by atoms with E-state index >= 15 is 0 Å². The van der Waals surface area contributed by atoms with Crippen LogP contribution in [0.4, 0.5) is 0 Å². The van der Waals surface area contributed by atoms with Crippen molar-refractivity contribution in [3.05, 3.63) is 40.9 Å². The molecule has 0 aliphatic carbocycles. The molecule has 1 aromatic carbocycles. The van der Waals surface area contributed by atoms with Gasteiger partial charge >= 0.3 is 0 Å². The minimum Gasteiger partial charge on any atom is -0.310 e. The van der Waals surface area contributed by atoms with Gasteiger partial charge < -0.3 is 5.32 Å². The van der Waals surface area contributed by atoms with E-state index in [2.05, 4.69) is 53.8 Å². The predicted octanol–water partition coefficient (Wildman–Crippen LogP) is 4.66. The highest BCUT2D eigenvalue weighted by molar-refractivity contribution is 8.01. The second kappa shape index (κ2) is 7.08. The van der Waals surface area contributed by atoms with Gasteiger partial charge in [-0.2, -0.15) is 0 Å². The molecule has 1 heterocycles. The van der Waals surface area contributed by atoms with Gasteiger partial charge in [0.05, 0.1) is 0 Å². The zero-order valence-electron chi connectivity index (χ0n) is 11.6. The number of thiazole rings is 1. The lowest BCUT2D eigenvalue weighted by Crippen LogP contribution is -2.19. The highest BCUT2D eigenvalue weighted by atomic mass is 32.2. The first kappa shape index (κ1) is 14.6. The Hall–Kier alpha value is -0.840. The van der Waals surface area contributed by atoms with Gasteiger partial charge in [0.2, 0.25) is 0 Å². The van der Waals surface area contributed by atoms with Gasteiger partial charge in [0.1, 0.15) is 0 Å². The Labute approximate surface area is 123 Å². The molecule has 0 amide bonds. The molecule has 0 radical (unpaired) electrons. The molecule has 2 nitrogen and oxygen atoms in total. The minimum atomic E-state index is 0.464. The van der Waals surface area contributed by atoms with Crippen molar-refractivity contribution in [1.82, 2.24) is 10.3 Å². The van der Waals surface area contributed by atoms with E-state index in [0.717, 1.165) is 23.0 Å². The third-order valence-electron chi connectivity index (χ3n) is 2.94. The summed E-state index contributed by atoms with van der Waals surface area (Å²) in [6.07, 6.45) is 1.12. The topological polar surface area (TPSA) is 24.9 Å². The van der Waals surface area contributed by atoms with Crippen LogP contribution in [0.5, 0.6) is 0 Å². The number of nitrogens with zero attached hydrogens (tertiary/aromatic N) is 1. The molecular formula is C15H20N2S2. The fourth-order valence-corrected chi connectivity index (χ4v) is 3.80. The largest absolute Gasteiger partial charge is 0.310 e. The molecule has 0 saturated heterocycles. The first-order chi connectivity index (χ1) is 9.22. The quantitative estimate of drug-likeness (QED) is 0.838. The minimum absolute atomic E-state index is 0.464. The zero-order valence-corrected chi connectivity index (χ0v) is 13.3. The molecule has 102 valence electrons. The number of hydrogen-bond donors (Lipinski definition) is 1. The van der Waals surface area contributed by atoms with Gasteiger partial charge in [0.25, 0.3) is 0 Å². The molecule has 2 aromatic rings. The normalized spacial score (nSPS) is 12.6. The molecule has 0 aliphatic rings. The average Bonchev–Trinajstić information content (AvgIpc) is 2.82. The van der Waals surface area contributed by atoms with Crippen molar-refractivity contribution < 1.29 is 0 Å². The van der Waals surface area contributed by atoms with Crippen molar-refractivity contribution in [1.29, 1.82) is 0 Å². The Morgan fingerprint density at radius 1 is 1.26 bits per heavy atom. The van der Waals surface area contributed by atoms with E-state index < -0.39 is 0 Å². The van der Waals surface area contributed by atoms with Crippen LogP contribution >= 0.6 is 23.1 Å². The second-order valence-corrected chi connectivity index (χ2v) is 6.62. The van der Waals surface area contributed by atoms with E-state index in [1.807, 2.05) is 6.92 Å². The molecule has 19 heavy (non-hydrogen) atoms. The summed E-state index contributed by atoms with van der Waals surface area (Å²) in [5.41, 5.74) is 2.46. The summed E-state index contributed by atoms with van der Waals surface area (Å²) in [4.78, 5) is 5.73. The van der Waals surface area contributed by atoms with Gasteiger partial charge in [-0.15, -0.1) is 11.3 Å². The maximum Gasteiger partial charge on any atom is 0.154 e. The van der Waals surface area contributed by atoms with Gasteiger partial charge in [0.15, 0.2) is 4.34 Å². The standard InChI is InChI=1S/C15H20N2S2/c1-4-14(16-5-2)12-6-8-13(9-7-12)19-15-17-11(3)10-18-15/h6-10,14,16H,4-5H2,1-3H3. The monoisotopic (exact) mass is 292 g/mol. The van der Waals surface area contributed by atoms with Crippen molar-refractivity contribution in [3.63, 3.8) is 0 Å². The summed E-state index contributed by atoms with van der Waals surface area (Å²) in [5, 5.41) is 5.60. The lowest BCUT2D eigenvalue weighted by molar-refractivity contribution is 0.537. The molecule has 1 N–H and O–H groups in total. The van der Waals surface area contributed by atoms with Gasteiger partial charge in [-0.3, -0.25) is 0 Å². The number of rotatable bonds is 6. The fraction of sp³-hybridized carbons (Fsp3) is 0.400. The van der Waals surface area contributed by atoms with Crippen molar-refractivity contribution in [2.24, 2.45) is 0 Å². The van der Waals surface area contributed by atoms with Crippen LogP contribution in [0.1, 0.15) is 37.6 Å².